The number of amides is 2. The quantitative estimate of drug-likeness (QED) is 0.617. The third-order valence-corrected chi connectivity index (χ3v) is 7.23. The highest BCUT2D eigenvalue weighted by atomic mass is 32.2. The number of hydrogen-bond donors (Lipinski definition) is 1. The molecule has 1 unspecified atom stereocenters. The number of nitrogens with one attached hydrogen (secondary N) is 1. The number of nitriles is 1. The van der Waals surface area contributed by atoms with Crippen LogP contribution in [0.1, 0.15) is 48.9 Å². The SMILES string of the molecule is N#Cc1cc2c(nc1SC1CC(=O)N(c3ccc4cc[nH]c4c3)C1=O)CCCCCC2. The molecule has 7 heteroatoms. The molecular weight excluding hydrogens is 408 g/mol. The van der Waals surface area contributed by atoms with E-state index in [1.807, 2.05) is 30.5 Å². The second-order valence-electron chi connectivity index (χ2n) is 8.10. The summed E-state index contributed by atoms with van der Waals surface area (Å²) in [4.78, 5) is 35.0. The Morgan fingerprint density at radius 3 is 2.77 bits per heavy atom. The summed E-state index contributed by atoms with van der Waals surface area (Å²) in [6.45, 7) is 0. The molecule has 1 aromatic carbocycles. The molecule has 1 N–H and O–H groups in total. The fraction of sp³-hybridized carbons (Fsp3) is 0.333. The number of carbonyl (C=O) groups is 2. The molecular formula is C24H22N4O2S. The number of aryl methyl sites for hydroxylation is 2. The molecule has 31 heavy (non-hydrogen) atoms. The number of imide groups is 1. The molecule has 0 spiro atoms. The van der Waals surface area contributed by atoms with Crippen molar-refractivity contribution in [1.29, 1.82) is 5.26 Å². The summed E-state index contributed by atoms with van der Waals surface area (Å²) in [7, 11) is 0. The first kappa shape index (κ1) is 19.8. The summed E-state index contributed by atoms with van der Waals surface area (Å²) in [5, 5.41) is 10.7. The maximum atomic E-state index is 13.1. The number of H-pyrrole nitrogens is 1. The van der Waals surface area contributed by atoms with E-state index in [4.69, 9.17) is 4.98 Å². The predicted molar refractivity (Wildman–Crippen MR) is 120 cm³/mol. The molecule has 1 saturated heterocycles. The first-order chi connectivity index (χ1) is 15.1. The average molecular weight is 431 g/mol. The zero-order valence-electron chi connectivity index (χ0n) is 17.1. The summed E-state index contributed by atoms with van der Waals surface area (Å²) in [6.07, 6.45) is 8.38. The average Bonchev–Trinajstić information content (AvgIpc) is 3.32. The van der Waals surface area contributed by atoms with Crippen molar-refractivity contribution in [2.45, 2.75) is 55.2 Å². The van der Waals surface area contributed by atoms with Gasteiger partial charge in [0.2, 0.25) is 11.8 Å². The number of pyridine rings is 1. The first-order valence-corrected chi connectivity index (χ1v) is 11.6. The van der Waals surface area contributed by atoms with Crippen LogP contribution in [0.25, 0.3) is 10.9 Å². The Labute approximate surface area is 184 Å². The Morgan fingerprint density at radius 2 is 1.94 bits per heavy atom. The Kier molecular flexibility index (Phi) is 5.24. The fourth-order valence-corrected chi connectivity index (χ4v) is 5.51. The van der Waals surface area contributed by atoms with Gasteiger partial charge < -0.3 is 4.98 Å². The third kappa shape index (κ3) is 3.72. The topological polar surface area (TPSA) is 89.8 Å². The van der Waals surface area contributed by atoms with Crippen molar-refractivity contribution < 1.29 is 9.59 Å². The number of fused-ring (bicyclic) bond motifs is 2. The minimum atomic E-state index is -0.571. The van der Waals surface area contributed by atoms with Crippen molar-refractivity contribution in [3.63, 3.8) is 0 Å². The number of nitrogens with zero attached hydrogens (tertiary/aromatic N) is 3. The lowest BCUT2D eigenvalue weighted by molar-refractivity contribution is -0.121. The van der Waals surface area contributed by atoms with E-state index in [2.05, 4.69) is 11.1 Å². The maximum absolute atomic E-state index is 13.1. The molecule has 3 aromatic rings. The molecule has 1 aliphatic heterocycles. The monoisotopic (exact) mass is 430 g/mol. The van der Waals surface area contributed by atoms with Crippen molar-refractivity contribution in [3.8, 4) is 6.07 Å². The van der Waals surface area contributed by atoms with Gasteiger partial charge in [0.25, 0.3) is 0 Å². The van der Waals surface area contributed by atoms with Crippen molar-refractivity contribution in [3.05, 3.63) is 53.3 Å². The zero-order chi connectivity index (χ0) is 21.4. The first-order valence-electron chi connectivity index (χ1n) is 10.7. The van der Waals surface area contributed by atoms with Gasteiger partial charge >= 0.3 is 0 Å². The fourth-order valence-electron chi connectivity index (χ4n) is 4.42. The molecule has 2 amide bonds. The van der Waals surface area contributed by atoms with Crippen LogP contribution in [0, 0.1) is 11.3 Å². The number of anilines is 1. The van der Waals surface area contributed by atoms with Gasteiger partial charge in [0.15, 0.2) is 0 Å². The van der Waals surface area contributed by atoms with Crippen molar-refractivity contribution in [1.82, 2.24) is 9.97 Å². The number of hydrogen-bond acceptors (Lipinski definition) is 5. The van der Waals surface area contributed by atoms with E-state index in [-0.39, 0.29) is 18.2 Å². The van der Waals surface area contributed by atoms with Crippen molar-refractivity contribution in [2.24, 2.45) is 0 Å². The highest BCUT2D eigenvalue weighted by Crippen LogP contribution is 2.36. The molecule has 2 aliphatic rings. The van der Waals surface area contributed by atoms with E-state index >= 15 is 0 Å². The van der Waals surface area contributed by atoms with Gasteiger partial charge in [-0.2, -0.15) is 5.26 Å². The van der Waals surface area contributed by atoms with Crippen LogP contribution in [0.2, 0.25) is 0 Å². The van der Waals surface area contributed by atoms with Crippen LogP contribution in [0.4, 0.5) is 5.69 Å². The number of carbonyl (C=O) groups excluding carboxylic acids is 2. The summed E-state index contributed by atoms with van der Waals surface area (Å²) in [5.74, 6) is -0.475. The van der Waals surface area contributed by atoms with Crippen LogP contribution in [0.15, 0.2) is 41.6 Å². The van der Waals surface area contributed by atoms with Crippen LogP contribution >= 0.6 is 11.8 Å². The molecule has 6 nitrogen and oxygen atoms in total. The lowest BCUT2D eigenvalue weighted by atomic mass is 9.96. The smallest absolute Gasteiger partial charge is 0.247 e. The van der Waals surface area contributed by atoms with Gasteiger partial charge in [-0.05, 0) is 60.9 Å². The minimum Gasteiger partial charge on any atom is -0.361 e. The van der Waals surface area contributed by atoms with Crippen LogP contribution in [0.3, 0.4) is 0 Å². The summed E-state index contributed by atoms with van der Waals surface area (Å²) < 4.78 is 0. The second-order valence-corrected chi connectivity index (χ2v) is 9.29. The molecule has 3 heterocycles. The lowest BCUT2D eigenvalue weighted by Crippen LogP contribution is -2.31. The number of rotatable bonds is 3. The summed E-state index contributed by atoms with van der Waals surface area (Å²) >= 11 is 1.25. The molecule has 0 saturated carbocycles. The summed E-state index contributed by atoms with van der Waals surface area (Å²) in [5.41, 5.74) is 4.13. The number of aromatic nitrogens is 2. The second kappa shape index (κ2) is 8.20. The third-order valence-electron chi connectivity index (χ3n) is 6.04. The van der Waals surface area contributed by atoms with E-state index in [9.17, 15) is 14.9 Å². The lowest BCUT2D eigenvalue weighted by Gasteiger charge is -2.17. The Morgan fingerprint density at radius 1 is 1.10 bits per heavy atom. The van der Waals surface area contributed by atoms with Crippen LogP contribution in [0.5, 0.6) is 0 Å². The largest absolute Gasteiger partial charge is 0.361 e. The minimum absolute atomic E-state index is 0.107. The molecule has 0 radical (unpaired) electrons. The van der Waals surface area contributed by atoms with Gasteiger partial charge in [-0.3, -0.25) is 9.59 Å². The maximum Gasteiger partial charge on any atom is 0.247 e. The zero-order valence-corrected chi connectivity index (χ0v) is 17.9. The van der Waals surface area contributed by atoms with Crippen LogP contribution < -0.4 is 4.90 Å². The molecule has 2 aromatic heterocycles. The van der Waals surface area contributed by atoms with Gasteiger partial charge in [-0.15, -0.1) is 0 Å². The van der Waals surface area contributed by atoms with E-state index < -0.39 is 5.25 Å². The van der Waals surface area contributed by atoms with Crippen molar-refractivity contribution >= 4 is 40.2 Å². The Balaban J connectivity index is 1.42. The summed E-state index contributed by atoms with van der Waals surface area (Å²) in [6, 6.07) is 11.6. The Hall–Kier alpha value is -3.11. The highest BCUT2D eigenvalue weighted by Gasteiger charge is 2.41. The Bertz CT molecular complexity index is 1230. The van der Waals surface area contributed by atoms with Crippen LogP contribution in [-0.2, 0) is 22.4 Å². The normalized spacial score (nSPS) is 19.2. The molecule has 1 aliphatic carbocycles. The van der Waals surface area contributed by atoms with Crippen LogP contribution in [-0.4, -0.2) is 27.0 Å². The van der Waals surface area contributed by atoms with E-state index in [0.29, 0.717) is 16.3 Å². The molecule has 156 valence electrons. The van der Waals surface area contributed by atoms with E-state index in [0.717, 1.165) is 47.8 Å². The molecule has 1 atom stereocenters. The molecule has 0 bridgehead atoms. The number of benzene rings is 1. The van der Waals surface area contributed by atoms with Gasteiger partial charge in [0, 0.05) is 23.8 Å². The van der Waals surface area contributed by atoms with Gasteiger partial charge in [-0.25, -0.2) is 9.88 Å². The predicted octanol–water partition coefficient (Wildman–Crippen LogP) is 4.52. The molecule has 5 rings (SSSR count). The van der Waals surface area contributed by atoms with Gasteiger partial charge in [0.05, 0.1) is 16.5 Å². The number of thioether (sulfide) groups is 1. The highest BCUT2D eigenvalue weighted by molar-refractivity contribution is 8.00. The van der Waals surface area contributed by atoms with Gasteiger partial charge in [0.1, 0.15) is 11.1 Å². The van der Waals surface area contributed by atoms with Gasteiger partial charge in [-0.1, -0.05) is 30.7 Å². The van der Waals surface area contributed by atoms with Crippen molar-refractivity contribution in [2.75, 3.05) is 4.90 Å². The van der Waals surface area contributed by atoms with E-state index in [1.165, 1.54) is 29.5 Å². The molecule has 1 fully saturated rings. The number of aromatic amines is 1. The standard InChI is InChI=1S/C24H22N4O2S/c25-14-17-11-16-5-3-1-2-4-6-19(16)27-23(17)31-21-13-22(29)28(24(21)30)18-8-7-15-9-10-26-20(15)12-18/h7-12,21,26H,1-6,13H2. The van der Waals surface area contributed by atoms with E-state index in [1.54, 1.807) is 6.07 Å².